The molecule has 6 nitrogen and oxygen atoms in total. The summed E-state index contributed by atoms with van der Waals surface area (Å²) >= 11 is 0. The first-order valence-corrected chi connectivity index (χ1v) is 6.61. The third-order valence-corrected chi connectivity index (χ3v) is 3.25. The molecule has 0 saturated carbocycles. The molecular formula is C14H13F3N4O2. The van der Waals surface area contributed by atoms with Crippen LogP contribution in [0.5, 0.6) is 0 Å². The number of nitro benzene ring substituents is 1. The highest BCUT2D eigenvalue weighted by atomic mass is 19.4. The van der Waals surface area contributed by atoms with Crippen LogP contribution in [0, 0.1) is 17.0 Å². The highest BCUT2D eigenvalue weighted by Gasteiger charge is 2.32. The predicted molar refractivity (Wildman–Crippen MR) is 76.9 cm³/mol. The normalized spacial score (nSPS) is 12.7. The van der Waals surface area contributed by atoms with Crippen molar-refractivity contribution >= 4 is 11.5 Å². The van der Waals surface area contributed by atoms with Crippen LogP contribution in [-0.4, -0.2) is 15.1 Å². The molecule has 0 aliphatic heterocycles. The third kappa shape index (κ3) is 3.93. The summed E-state index contributed by atoms with van der Waals surface area (Å²) in [6.45, 7) is 3.34. The maximum Gasteiger partial charge on any atom is 0.435 e. The fourth-order valence-electron chi connectivity index (χ4n) is 1.96. The summed E-state index contributed by atoms with van der Waals surface area (Å²) in [5.74, 6) is 0.147. The Kier molecular flexibility index (Phi) is 4.48. The van der Waals surface area contributed by atoms with Gasteiger partial charge >= 0.3 is 6.18 Å². The molecule has 0 radical (unpaired) electrons. The van der Waals surface area contributed by atoms with Crippen molar-refractivity contribution in [2.24, 2.45) is 0 Å². The molecule has 0 bridgehead atoms. The van der Waals surface area contributed by atoms with Crippen LogP contribution in [0.1, 0.15) is 29.8 Å². The SMILES string of the molecule is Cc1ccc(C(C)Nc2ccc(C(F)(F)F)nn2)cc1[N+](=O)[O-]. The van der Waals surface area contributed by atoms with E-state index in [2.05, 4.69) is 15.5 Å². The molecule has 2 rings (SSSR count). The number of rotatable bonds is 4. The fourth-order valence-corrected chi connectivity index (χ4v) is 1.96. The highest BCUT2D eigenvalue weighted by Crippen LogP contribution is 2.28. The van der Waals surface area contributed by atoms with Crippen LogP contribution >= 0.6 is 0 Å². The third-order valence-electron chi connectivity index (χ3n) is 3.25. The van der Waals surface area contributed by atoms with E-state index in [9.17, 15) is 23.3 Å². The molecule has 0 spiro atoms. The number of aromatic nitrogens is 2. The predicted octanol–water partition coefficient (Wildman–Crippen LogP) is 3.89. The van der Waals surface area contributed by atoms with Gasteiger partial charge in [0.15, 0.2) is 5.69 Å². The Morgan fingerprint density at radius 3 is 2.43 bits per heavy atom. The number of anilines is 1. The van der Waals surface area contributed by atoms with Gasteiger partial charge < -0.3 is 5.32 Å². The lowest BCUT2D eigenvalue weighted by Gasteiger charge is -2.15. The molecule has 0 aliphatic rings. The first-order valence-electron chi connectivity index (χ1n) is 6.61. The van der Waals surface area contributed by atoms with Crippen molar-refractivity contribution in [3.8, 4) is 0 Å². The number of aryl methyl sites for hydroxylation is 1. The van der Waals surface area contributed by atoms with E-state index in [1.54, 1.807) is 26.0 Å². The maximum atomic E-state index is 12.4. The molecule has 1 aromatic heterocycles. The van der Waals surface area contributed by atoms with Crippen LogP contribution in [-0.2, 0) is 6.18 Å². The standard InChI is InChI=1S/C14H13F3N4O2/c1-8-3-4-10(7-11(8)21(22)23)9(2)18-13-6-5-12(19-20-13)14(15,16)17/h3-7,9H,1-2H3,(H,18,20). The van der Waals surface area contributed by atoms with E-state index in [4.69, 9.17) is 0 Å². The largest absolute Gasteiger partial charge is 0.435 e. The average molecular weight is 326 g/mol. The van der Waals surface area contributed by atoms with E-state index >= 15 is 0 Å². The summed E-state index contributed by atoms with van der Waals surface area (Å²) in [5, 5.41) is 20.4. The van der Waals surface area contributed by atoms with E-state index < -0.39 is 16.8 Å². The molecule has 9 heteroatoms. The van der Waals surface area contributed by atoms with E-state index in [1.807, 2.05) is 0 Å². The second kappa shape index (κ2) is 6.19. The van der Waals surface area contributed by atoms with Gasteiger partial charge in [0.25, 0.3) is 5.69 Å². The van der Waals surface area contributed by atoms with Crippen molar-refractivity contribution in [2.75, 3.05) is 5.32 Å². The Bertz CT molecular complexity index is 717. The lowest BCUT2D eigenvalue weighted by molar-refractivity contribution is -0.385. The molecule has 23 heavy (non-hydrogen) atoms. The number of halogens is 3. The van der Waals surface area contributed by atoms with E-state index in [1.165, 1.54) is 6.07 Å². The van der Waals surface area contributed by atoms with E-state index in [0.717, 1.165) is 12.1 Å². The maximum absolute atomic E-state index is 12.4. The molecule has 2 aromatic rings. The lowest BCUT2D eigenvalue weighted by atomic mass is 10.0. The molecule has 0 aliphatic carbocycles. The van der Waals surface area contributed by atoms with E-state index in [-0.39, 0.29) is 17.5 Å². The van der Waals surface area contributed by atoms with Crippen LogP contribution in [0.25, 0.3) is 0 Å². The van der Waals surface area contributed by atoms with Crippen molar-refractivity contribution in [3.05, 3.63) is 57.3 Å². The number of benzene rings is 1. The van der Waals surface area contributed by atoms with Crippen LogP contribution in [0.4, 0.5) is 24.7 Å². The Morgan fingerprint density at radius 1 is 1.22 bits per heavy atom. The molecule has 0 fully saturated rings. The Morgan fingerprint density at radius 2 is 1.91 bits per heavy atom. The smallest absolute Gasteiger partial charge is 0.362 e. The van der Waals surface area contributed by atoms with Crippen molar-refractivity contribution in [3.63, 3.8) is 0 Å². The monoisotopic (exact) mass is 326 g/mol. The van der Waals surface area contributed by atoms with Crippen LogP contribution in [0.15, 0.2) is 30.3 Å². The first kappa shape index (κ1) is 16.7. The highest BCUT2D eigenvalue weighted by molar-refractivity contribution is 5.45. The minimum Gasteiger partial charge on any atom is -0.362 e. The van der Waals surface area contributed by atoms with Gasteiger partial charge in [0, 0.05) is 11.6 Å². The van der Waals surface area contributed by atoms with Gasteiger partial charge in [-0.25, -0.2) is 0 Å². The zero-order valence-electron chi connectivity index (χ0n) is 12.3. The van der Waals surface area contributed by atoms with Gasteiger partial charge in [0.2, 0.25) is 0 Å². The number of nitrogens with zero attached hydrogens (tertiary/aromatic N) is 3. The quantitative estimate of drug-likeness (QED) is 0.681. The summed E-state index contributed by atoms with van der Waals surface area (Å²) < 4.78 is 37.3. The van der Waals surface area contributed by atoms with Crippen LogP contribution in [0.2, 0.25) is 0 Å². The van der Waals surface area contributed by atoms with Gasteiger partial charge in [-0.15, -0.1) is 10.2 Å². The number of nitrogens with one attached hydrogen (secondary N) is 1. The Hall–Kier alpha value is -2.71. The first-order chi connectivity index (χ1) is 10.7. The van der Waals surface area contributed by atoms with E-state index in [0.29, 0.717) is 11.1 Å². The van der Waals surface area contributed by atoms with Gasteiger partial charge in [-0.3, -0.25) is 10.1 Å². The summed E-state index contributed by atoms with van der Waals surface area (Å²) in [4.78, 5) is 10.5. The van der Waals surface area contributed by atoms with Crippen molar-refractivity contribution in [1.29, 1.82) is 0 Å². The lowest BCUT2D eigenvalue weighted by Crippen LogP contribution is -2.12. The van der Waals surface area contributed by atoms with Gasteiger partial charge in [0.05, 0.1) is 11.0 Å². The summed E-state index contributed by atoms with van der Waals surface area (Å²) in [5.41, 5.74) is 0.0422. The fraction of sp³-hybridized carbons (Fsp3) is 0.286. The average Bonchev–Trinajstić information content (AvgIpc) is 2.47. The van der Waals surface area contributed by atoms with Crippen molar-refractivity contribution in [2.45, 2.75) is 26.1 Å². The number of hydrogen-bond acceptors (Lipinski definition) is 5. The van der Waals surface area contributed by atoms with Gasteiger partial charge in [-0.1, -0.05) is 12.1 Å². The Labute approximate surface area is 129 Å². The molecule has 122 valence electrons. The number of alkyl halides is 3. The molecule has 1 unspecified atom stereocenters. The molecule has 1 N–H and O–H groups in total. The molecule has 1 heterocycles. The summed E-state index contributed by atoms with van der Waals surface area (Å²) in [6.07, 6.45) is -4.55. The van der Waals surface area contributed by atoms with Gasteiger partial charge in [-0.2, -0.15) is 13.2 Å². The summed E-state index contributed by atoms with van der Waals surface area (Å²) in [7, 11) is 0. The molecule has 0 amide bonds. The minimum atomic E-state index is -4.55. The minimum absolute atomic E-state index is 0.0188. The van der Waals surface area contributed by atoms with Gasteiger partial charge in [0.1, 0.15) is 5.82 Å². The number of hydrogen-bond donors (Lipinski definition) is 1. The zero-order chi connectivity index (χ0) is 17.2. The topological polar surface area (TPSA) is 81.0 Å². The molecular weight excluding hydrogens is 313 g/mol. The second-order valence-electron chi connectivity index (χ2n) is 4.97. The van der Waals surface area contributed by atoms with Crippen LogP contribution in [0.3, 0.4) is 0 Å². The summed E-state index contributed by atoms with van der Waals surface area (Å²) in [6, 6.07) is 6.33. The van der Waals surface area contributed by atoms with Crippen molar-refractivity contribution < 1.29 is 18.1 Å². The van der Waals surface area contributed by atoms with Crippen molar-refractivity contribution in [1.82, 2.24) is 10.2 Å². The van der Waals surface area contributed by atoms with Crippen LogP contribution < -0.4 is 5.32 Å². The molecule has 1 atom stereocenters. The molecule has 0 saturated heterocycles. The Balaban J connectivity index is 2.17. The number of nitro groups is 1. The second-order valence-corrected chi connectivity index (χ2v) is 4.97. The zero-order valence-corrected chi connectivity index (χ0v) is 12.3. The van der Waals surface area contributed by atoms with Gasteiger partial charge in [-0.05, 0) is 31.5 Å². The molecule has 1 aromatic carbocycles.